The van der Waals surface area contributed by atoms with Crippen molar-refractivity contribution in [3.63, 3.8) is 0 Å². The van der Waals surface area contributed by atoms with Gasteiger partial charge in [-0.1, -0.05) is 17.7 Å². The fourth-order valence-corrected chi connectivity index (χ4v) is 3.63. The number of nitrogens with one attached hydrogen (secondary N) is 1. The van der Waals surface area contributed by atoms with E-state index >= 15 is 0 Å². The molecule has 1 aromatic rings. The maximum atomic E-state index is 12.5. The zero-order valence-electron chi connectivity index (χ0n) is 13.1. The molecule has 2 aliphatic rings. The van der Waals surface area contributed by atoms with Crippen molar-refractivity contribution in [1.29, 1.82) is 0 Å². The lowest BCUT2D eigenvalue weighted by Gasteiger charge is -2.18. The molecular weight excluding hydrogens is 332 g/mol. The molecule has 1 aromatic carbocycles. The largest absolute Gasteiger partial charge is 0.481 e. The Balaban J connectivity index is 1.60. The average Bonchev–Trinajstić information content (AvgIpc) is 3.15. The molecule has 24 heavy (non-hydrogen) atoms. The van der Waals surface area contributed by atoms with Crippen LogP contribution in [0.5, 0.6) is 0 Å². The van der Waals surface area contributed by atoms with Crippen molar-refractivity contribution < 1.29 is 19.5 Å². The number of carboxylic acids is 1. The topological polar surface area (TPSA) is 86.7 Å². The first-order chi connectivity index (χ1) is 11.5. The Labute approximate surface area is 144 Å². The molecule has 2 N–H and O–H groups in total. The third-order valence-corrected chi connectivity index (χ3v) is 5.03. The van der Waals surface area contributed by atoms with Crippen molar-refractivity contribution in [1.82, 2.24) is 5.32 Å². The molecule has 128 valence electrons. The summed E-state index contributed by atoms with van der Waals surface area (Å²) in [5.41, 5.74) is 0.719. The zero-order chi connectivity index (χ0) is 17.3. The number of anilines is 1. The van der Waals surface area contributed by atoms with E-state index in [4.69, 9.17) is 16.7 Å². The van der Waals surface area contributed by atoms with E-state index in [9.17, 15) is 14.4 Å². The van der Waals surface area contributed by atoms with Gasteiger partial charge in [-0.15, -0.1) is 0 Å². The summed E-state index contributed by atoms with van der Waals surface area (Å²) < 4.78 is 0. The lowest BCUT2D eigenvalue weighted by Crippen LogP contribution is -2.43. The number of benzene rings is 1. The number of amides is 2. The Morgan fingerprint density at radius 2 is 1.96 bits per heavy atom. The molecule has 0 aromatic heterocycles. The van der Waals surface area contributed by atoms with Gasteiger partial charge in [-0.25, -0.2) is 0 Å². The third-order valence-electron chi connectivity index (χ3n) is 4.79. The van der Waals surface area contributed by atoms with Crippen molar-refractivity contribution >= 4 is 35.1 Å². The van der Waals surface area contributed by atoms with Gasteiger partial charge in [-0.05, 0) is 43.9 Å². The van der Waals surface area contributed by atoms with Crippen molar-refractivity contribution in [2.45, 2.75) is 31.7 Å². The minimum Gasteiger partial charge on any atom is -0.481 e. The highest BCUT2D eigenvalue weighted by Crippen LogP contribution is 2.31. The molecule has 1 aliphatic heterocycles. The van der Waals surface area contributed by atoms with Crippen molar-refractivity contribution in [3.8, 4) is 0 Å². The first-order valence-corrected chi connectivity index (χ1v) is 8.43. The van der Waals surface area contributed by atoms with E-state index in [0.29, 0.717) is 37.3 Å². The van der Waals surface area contributed by atoms with E-state index in [0.717, 1.165) is 5.69 Å². The fourth-order valence-electron chi connectivity index (χ4n) is 3.45. The normalized spacial score (nSPS) is 26.6. The molecule has 1 saturated carbocycles. The molecule has 1 unspecified atom stereocenters. The highest BCUT2D eigenvalue weighted by Gasteiger charge is 2.38. The minimum atomic E-state index is -0.852. The Kier molecular flexibility index (Phi) is 4.76. The van der Waals surface area contributed by atoms with Crippen LogP contribution in [-0.4, -0.2) is 35.5 Å². The molecule has 3 rings (SSSR count). The average molecular weight is 351 g/mol. The van der Waals surface area contributed by atoms with Crippen molar-refractivity contribution in [3.05, 3.63) is 29.3 Å². The van der Waals surface area contributed by atoms with Crippen LogP contribution in [0.4, 0.5) is 5.69 Å². The molecule has 0 spiro atoms. The quantitative estimate of drug-likeness (QED) is 0.870. The monoisotopic (exact) mass is 350 g/mol. The molecule has 7 heteroatoms. The van der Waals surface area contributed by atoms with E-state index in [1.165, 1.54) is 0 Å². The molecule has 1 aliphatic carbocycles. The molecule has 0 bridgehead atoms. The summed E-state index contributed by atoms with van der Waals surface area (Å²) in [6.07, 6.45) is 1.95. The SMILES string of the molecule is O=C(O)[C@@H]1CC[C@H](C(=O)NC2CCN(c3cccc(Cl)c3)C2=O)C1. The number of aliphatic carboxylic acids is 1. The second-order valence-corrected chi connectivity index (χ2v) is 6.80. The number of rotatable bonds is 4. The molecule has 2 amide bonds. The maximum Gasteiger partial charge on any atom is 0.306 e. The van der Waals surface area contributed by atoms with Crippen LogP contribution in [0.25, 0.3) is 0 Å². The molecule has 3 atom stereocenters. The summed E-state index contributed by atoms with van der Waals surface area (Å²) in [6.45, 7) is 0.520. The predicted molar refractivity (Wildman–Crippen MR) is 88.8 cm³/mol. The van der Waals surface area contributed by atoms with E-state index in [1.807, 2.05) is 6.07 Å². The van der Waals surface area contributed by atoms with Gasteiger partial charge in [0.15, 0.2) is 0 Å². The van der Waals surface area contributed by atoms with E-state index < -0.39 is 17.9 Å². The van der Waals surface area contributed by atoms with Crippen LogP contribution in [0.1, 0.15) is 25.7 Å². The van der Waals surface area contributed by atoms with Gasteiger partial charge in [0.05, 0.1) is 5.92 Å². The first kappa shape index (κ1) is 16.8. The number of halogens is 1. The van der Waals surface area contributed by atoms with Gasteiger partial charge >= 0.3 is 5.97 Å². The van der Waals surface area contributed by atoms with E-state index in [-0.39, 0.29) is 17.7 Å². The van der Waals surface area contributed by atoms with Crippen LogP contribution in [0.3, 0.4) is 0 Å². The van der Waals surface area contributed by atoms with Crippen LogP contribution < -0.4 is 10.2 Å². The Hall–Kier alpha value is -2.08. The molecule has 1 heterocycles. The third kappa shape index (κ3) is 3.38. The summed E-state index contributed by atoms with van der Waals surface area (Å²) in [5, 5.41) is 12.4. The smallest absolute Gasteiger partial charge is 0.306 e. The van der Waals surface area contributed by atoms with Gasteiger partial charge in [-0.2, -0.15) is 0 Å². The first-order valence-electron chi connectivity index (χ1n) is 8.06. The highest BCUT2D eigenvalue weighted by molar-refractivity contribution is 6.31. The standard InChI is InChI=1S/C17H19ClN2O4/c18-12-2-1-3-13(9-12)20-7-6-14(16(20)22)19-15(21)10-4-5-11(8-10)17(23)24/h1-3,9-11,14H,4-8H2,(H,19,21)(H,23,24)/t10-,11+,14?/m0/s1. The van der Waals surface area contributed by atoms with Gasteiger partial charge in [0.2, 0.25) is 11.8 Å². The number of nitrogens with zero attached hydrogens (tertiary/aromatic N) is 1. The molecular formula is C17H19ClN2O4. The van der Waals surface area contributed by atoms with Gasteiger partial charge < -0.3 is 15.3 Å². The fraction of sp³-hybridized carbons (Fsp3) is 0.471. The van der Waals surface area contributed by atoms with Gasteiger partial charge in [0, 0.05) is 23.2 Å². The summed E-state index contributed by atoms with van der Waals surface area (Å²) in [6, 6.07) is 6.49. The van der Waals surface area contributed by atoms with Crippen LogP contribution in [-0.2, 0) is 14.4 Å². The Bertz CT molecular complexity index is 678. The summed E-state index contributed by atoms with van der Waals surface area (Å²) in [5.74, 6) is -2.00. The lowest BCUT2D eigenvalue weighted by molar-refractivity contribution is -0.141. The van der Waals surface area contributed by atoms with Crippen LogP contribution in [0.2, 0.25) is 5.02 Å². The van der Waals surface area contributed by atoms with E-state index in [2.05, 4.69) is 5.32 Å². The molecule has 2 fully saturated rings. The minimum absolute atomic E-state index is 0.154. The van der Waals surface area contributed by atoms with Crippen molar-refractivity contribution in [2.24, 2.45) is 11.8 Å². The number of carbonyl (C=O) groups is 3. The van der Waals surface area contributed by atoms with Gasteiger partial charge in [0.25, 0.3) is 0 Å². The van der Waals surface area contributed by atoms with Crippen LogP contribution in [0, 0.1) is 11.8 Å². The van der Waals surface area contributed by atoms with E-state index in [1.54, 1.807) is 23.1 Å². The lowest BCUT2D eigenvalue weighted by atomic mass is 10.0. The molecule has 1 saturated heterocycles. The summed E-state index contributed by atoms with van der Waals surface area (Å²) in [4.78, 5) is 37.4. The molecule has 6 nitrogen and oxygen atoms in total. The predicted octanol–water partition coefficient (Wildman–Crippen LogP) is 2.06. The van der Waals surface area contributed by atoms with Gasteiger partial charge in [-0.3, -0.25) is 14.4 Å². The van der Waals surface area contributed by atoms with Crippen LogP contribution >= 0.6 is 11.6 Å². The summed E-state index contributed by atoms with van der Waals surface area (Å²) in [7, 11) is 0. The zero-order valence-corrected chi connectivity index (χ0v) is 13.8. The Morgan fingerprint density at radius 1 is 1.21 bits per heavy atom. The number of carbonyl (C=O) groups excluding carboxylic acids is 2. The highest BCUT2D eigenvalue weighted by atomic mass is 35.5. The second kappa shape index (κ2) is 6.81. The molecule has 0 radical (unpaired) electrons. The maximum absolute atomic E-state index is 12.5. The number of carboxylic acid groups (broad SMARTS) is 1. The van der Waals surface area contributed by atoms with Crippen LogP contribution in [0.15, 0.2) is 24.3 Å². The number of hydrogen-bond acceptors (Lipinski definition) is 3. The summed E-state index contributed by atoms with van der Waals surface area (Å²) >= 11 is 5.96. The Morgan fingerprint density at radius 3 is 2.62 bits per heavy atom. The number of hydrogen-bond donors (Lipinski definition) is 2. The van der Waals surface area contributed by atoms with Gasteiger partial charge in [0.1, 0.15) is 6.04 Å². The second-order valence-electron chi connectivity index (χ2n) is 6.36. The van der Waals surface area contributed by atoms with Crippen molar-refractivity contribution in [2.75, 3.05) is 11.4 Å².